The lowest BCUT2D eigenvalue weighted by molar-refractivity contribution is 0.101. The molecule has 15 heavy (non-hydrogen) atoms. The molecule has 1 N–H and O–H groups in total. The molecular weight excluding hydrogens is 190 g/mol. The van der Waals surface area contributed by atoms with Gasteiger partial charge < -0.3 is 5.11 Å². The Morgan fingerprint density at radius 1 is 1.07 bits per heavy atom. The molecule has 2 aromatic heterocycles. The SMILES string of the molecule is CC(O)(c1cccnc1)c1cncnc1. The summed E-state index contributed by atoms with van der Waals surface area (Å²) in [5.41, 5.74) is 0.271. The molecule has 76 valence electrons. The molecule has 0 bridgehead atoms. The Morgan fingerprint density at radius 2 is 1.73 bits per heavy atom. The summed E-state index contributed by atoms with van der Waals surface area (Å²) in [5.74, 6) is 0. The topological polar surface area (TPSA) is 58.9 Å². The number of hydrogen-bond acceptors (Lipinski definition) is 4. The molecular formula is C11H11N3O. The molecule has 2 rings (SSSR count). The second-order valence-electron chi connectivity index (χ2n) is 3.44. The summed E-state index contributed by atoms with van der Waals surface area (Å²) in [7, 11) is 0. The molecule has 1 atom stereocenters. The van der Waals surface area contributed by atoms with E-state index in [1.54, 1.807) is 37.8 Å². The highest BCUT2D eigenvalue weighted by Crippen LogP contribution is 2.26. The first-order valence-electron chi connectivity index (χ1n) is 4.59. The molecule has 4 heteroatoms. The van der Waals surface area contributed by atoms with E-state index in [-0.39, 0.29) is 0 Å². The lowest BCUT2D eigenvalue weighted by atomic mass is 9.91. The third-order valence-electron chi connectivity index (χ3n) is 2.35. The Labute approximate surface area is 87.7 Å². The molecule has 0 aromatic carbocycles. The quantitative estimate of drug-likeness (QED) is 0.791. The van der Waals surface area contributed by atoms with E-state index in [9.17, 15) is 5.11 Å². The Hall–Kier alpha value is -1.81. The summed E-state index contributed by atoms with van der Waals surface area (Å²) in [6, 6.07) is 3.60. The van der Waals surface area contributed by atoms with Crippen molar-refractivity contribution in [3.8, 4) is 0 Å². The average Bonchev–Trinajstić information content (AvgIpc) is 2.31. The predicted octanol–water partition coefficient (Wildman–Crippen LogP) is 1.13. The summed E-state index contributed by atoms with van der Waals surface area (Å²) in [6.45, 7) is 1.70. The van der Waals surface area contributed by atoms with Gasteiger partial charge in [-0.25, -0.2) is 9.97 Å². The van der Waals surface area contributed by atoms with Crippen molar-refractivity contribution in [3.05, 3.63) is 54.4 Å². The molecule has 2 aromatic rings. The highest BCUT2D eigenvalue weighted by Gasteiger charge is 2.26. The number of hydrogen-bond donors (Lipinski definition) is 1. The Morgan fingerprint density at radius 3 is 2.33 bits per heavy atom. The first kappa shape index (κ1) is 9.73. The van der Waals surface area contributed by atoms with E-state index in [1.807, 2.05) is 6.07 Å². The van der Waals surface area contributed by atoms with Crippen LogP contribution in [0.4, 0.5) is 0 Å². The number of nitrogens with zero attached hydrogens (tertiary/aromatic N) is 3. The zero-order chi connectivity index (χ0) is 10.7. The van der Waals surface area contributed by atoms with Gasteiger partial charge in [-0.1, -0.05) is 6.07 Å². The Kier molecular flexibility index (Phi) is 2.43. The summed E-state index contributed by atoms with van der Waals surface area (Å²) < 4.78 is 0. The van der Waals surface area contributed by atoms with Gasteiger partial charge in [-0.05, 0) is 13.0 Å². The minimum absolute atomic E-state index is 0.651. The van der Waals surface area contributed by atoms with Crippen molar-refractivity contribution in [2.45, 2.75) is 12.5 Å². The maximum absolute atomic E-state index is 10.3. The highest BCUT2D eigenvalue weighted by molar-refractivity contribution is 5.29. The highest BCUT2D eigenvalue weighted by atomic mass is 16.3. The minimum atomic E-state index is -1.10. The molecule has 0 fully saturated rings. The second kappa shape index (κ2) is 3.74. The average molecular weight is 201 g/mol. The first-order chi connectivity index (χ1) is 7.21. The number of aromatic nitrogens is 3. The monoisotopic (exact) mass is 201 g/mol. The Bertz CT molecular complexity index is 387. The summed E-state index contributed by atoms with van der Waals surface area (Å²) in [6.07, 6.45) is 7.93. The Balaban J connectivity index is 2.44. The van der Waals surface area contributed by atoms with Gasteiger partial charge >= 0.3 is 0 Å². The molecule has 0 aliphatic rings. The largest absolute Gasteiger partial charge is 0.381 e. The van der Waals surface area contributed by atoms with Gasteiger partial charge in [-0.3, -0.25) is 4.98 Å². The molecule has 4 nitrogen and oxygen atoms in total. The molecule has 0 saturated heterocycles. The van der Waals surface area contributed by atoms with Crippen LogP contribution in [0.15, 0.2) is 43.2 Å². The van der Waals surface area contributed by atoms with E-state index in [1.165, 1.54) is 6.33 Å². The molecule has 0 amide bonds. The molecule has 0 aliphatic heterocycles. The van der Waals surface area contributed by atoms with Crippen molar-refractivity contribution >= 4 is 0 Å². The summed E-state index contributed by atoms with van der Waals surface area (Å²) in [4.78, 5) is 11.7. The van der Waals surface area contributed by atoms with Gasteiger partial charge in [-0.15, -0.1) is 0 Å². The fourth-order valence-corrected chi connectivity index (χ4v) is 1.37. The smallest absolute Gasteiger partial charge is 0.116 e. The number of rotatable bonds is 2. The van der Waals surface area contributed by atoms with Gasteiger partial charge in [0, 0.05) is 35.9 Å². The molecule has 0 aliphatic carbocycles. The molecule has 0 spiro atoms. The molecule has 1 unspecified atom stereocenters. The van der Waals surface area contributed by atoms with E-state index in [2.05, 4.69) is 15.0 Å². The van der Waals surface area contributed by atoms with Gasteiger partial charge in [0.05, 0.1) is 0 Å². The van der Waals surface area contributed by atoms with Crippen LogP contribution in [0.2, 0.25) is 0 Å². The van der Waals surface area contributed by atoms with Crippen LogP contribution in [0.25, 0.3) is 0 Å². The number of pyridine rings is 1. The van der Waals surface area contributed by atoms with Crippen LogP contribution in [-0.4, -0.2) is 20.1 Å². The minimum Gasteiger partial charge on any atom is -0.381 e. The third kappa shape index (κ3) is 1.85. The lowest BCUT2D eigenvalue weighted by Crippen LogP contribution is -2.23. The second-order valence-corrected chi connectivity index (χ2v) is 3.44. The van der Waals surface area contributed by atoms with Crippen LogP contribution in [0.1, 0.15) is 18.1 Å². The van der Waals surface area contributed by atoms with Gasteiger partial charge in [-0.2, -0.15) is 0 Å². The van der Waals surface area contributed by atoms with E-state index in [0.29, 0.717) is 5.56 Å². The summed E-state index contributed by atoms with van der Waals surface area (Å²) >= 11 is 0. The van der Waals surface area contributed by atoms with E-state index < -0.39 is 5.60 Å². The maximum atomic E-state index is 10.3. The van der Waals surface area contributed by atoms with Crippen molar-refractivity contribution < 1.29 is 5.11 Å². The van der Waals surface area contributed by atoms with Crippen LogP contribution in [-0.2, 0) is 5.60 Å². The van der Waals surface area contributed by atoms with Crippen LogP contribution in [0.5, 0.6) is 0 Å². The van der Waals surface area contributed by atoms with Crippen molar-refractivity contribution in [2.24, 2.45) is 0 Å². The van der Waals surface area contributed by atoms with E-state index >= 15 is 0 Å². The van der Waals surface area contributed by atoms with Gasteiger partial charge in [0.2, 0.25) is 0 Å². The third-order valence-corrected chi connectivity index (χ3v) is 2.35. The van der Waals surface area contributed by atoms with E-state index in [0.717, 1.165) is 5.56 Å². The zero-order valence-corrected chi connectivity index (χ0v) is 8.33. The zero-order valence-electron chi connectivity index (χ0n) is 8.33. The molecule has 2 heterocycles. The van der Waals surface area contributed by atoms with Crippen molar-refractivity contribution in [2.75, 3.05) is 0 Å². The standard InChI is InChI=1S/C11H11N3O/c1-11(15,9-3-2-4-12-5-9)10-6-13-8-14-7-10/h2-8,15H,1H3. The van der Waals surface area contributed by atoms with Gasteiger partial charge in [0.1, 0.15) is 11.9 Å². The lowest BCUT2D eigenvalue weighted by Gasteiger charge is -2.22. The first-order valence-corrected chi connectivity index (χ1v) is 4.59. The normalized spacial score (nSPS) is 14.5. The van der Waals surface area contributed by atoms with Crippen molar-refractivity contribution in [3.63, 3.8) is 0 Å². The predicted molar refractivity (Wildman–Crippen MR) is 54.9 cm³/mol. The molecule has 0 saturated carbocycles. The fraction of sp³-hybridized carbons (Fsp3) is 0.182. The summed E-state index contributed by atoms with van der Waals surface area (Å²) in [5, 5.41) is 10.3. The van der Waals surface area contributed by atoms with Crippen LogP contribution in [0, 0.1) is 0 Å². The number of aliphatic hydroxyl groups is 1. The molecule has 0 radical (unpaired) electrons. The van der Waals surface area contributed by atoms with Gasteiger partial charge in [0.25, 0.3) is 0 Å². The van der Waals surface area contributed by atoms with Crippen molar-refractivity contribution in [1.82, 2.24) is 15.0 Å². The van der Waals surface area contributed by atoms with Crippen LogP contribution < -0.4 is 0 Å². The fourth-order valence-electron chi connectivity index (χ4n) is 1.37. The van der Waals surface area contributed by atoms with Crippen molar-refractivity contribution in [1.29, 1.82) is 0 Å². The van der Waals surface area contributed by atoms with E-state index in [4.69, 9.17) is 0 Å². The van der Waals surface area contributed by atoms with Crippen LogP contribution >= 0.6 is 0 Å². The van der Waals surface area contributed by atoms with Gasteiger partial charge in [0.15, 0.2) is 0 Å². The van der Waals surface area contributed by atoms with Crippen LogP contribution in [0.3, 0.4) is 0 Å². The maximum Gasteiger partial charge on any atom is 0.116 e.